The summed E-state index contributed by atoms with van der Waals surface area (Å²) in [4.78, 5) is 11.5. The van der Waals surface area contributed by atoms with Gasteiger partial charge in [0.15, 0.2) is 0 Å². The first-order chi connectivity index (χ1) is 8.84. The minimum absolute atomic E-state index is 0.0101. The third-order valence-corrected chi connectivity index (χ3v) is 2.22. The quantitative estimate of drug-likeness (QED) is 0.461. The van der Waals surface area contributed by atoms with E-state index in [1.165, 1.54) is 0 Å². The molecule has 0 saturated carbocycles. The lowest BCUT2D eigenvalue weighted by molar-refractivity contribution is -0.142. The van der Waals surface area contributed by atoms with Crippen molar-refractivity contribution in [3.63, 3.8) is 0 Å². The Kier molecular flexibility index (Phi) is 9.46. The topological polar surface area (TPSA) is 102 Å². The molecule has 2 N–H and O–H groups in total. The monoisotopic (exact) mass is 311 g/mol. The number of allylic oxidation sites excluding steroid dienone is 1. The molecular formula is C12H25NO6S. The summed E-state index contributed by atoms with van der Waals surface area (Å²) in [6, 6.07) is 0. The third kappa shape index (κ3) is 13.3. The maximum atomic E-state index is 11.5. The van der Waals surface area contributed by atoms with Gasteiger partial charge in [-0.3, -0.25) is 8.74 Å². The third-order valence-electron chi connectivity index (χ3n) is 1.80. The molecule has 0 saturated heterocycles. The Morgan fingerprint density at radius 1 is 1.25 bits per heavy atom. The minimum Gasteiger partial charge on any atom is -0.460 e. The molecule has 0 radical (unpaired) electrons. The smallest absolute Gasteiger partial charge is 0.397 e. The van der Waals surface area contributed by atoms with Crippen LogP contribution < -0.4 is 5.32 Å². The molecule has 0 heterocycles. The largest absolute Gasteiger partial charge is 0.460 e. The summed E-state index contributed by atoms with van der Waals surface area (Å²) in [5.41, 5.74) is 1.50. The standard InChI is InChI=1S/C11H21NO2.CH4O4S/c1-8(2)9(12-6)10(13)14-7-11(3,4)5;1-5-6(2,3)4/h12H,7H2,1-6H3;1H3,(H,2,3,4). The van der Waals surface area contributed by atoms with Crippen LogP contribution in [0.5, 0.6) is 0 Å². The van der Waals surface area contributed by atoms with Crippen LogP contribution in [-0.2, 0) is 24.1 Å². The zero-order chi connectivity index (χ0) is 16.6. The van der Waals surface area contributed by atoms with Crippen LogP contribution in [0.25, 0.3) is 0 Å². The molecule has 0 fully saturated rings. The highest BCUT2D eigenvalue weighted by Gasteiger charge is 2.16. The fourth-order valence-electron chi connectivity index (χ4n) is 0.910. The molecule has 0 atom stereocenters. The molecule has 0 aromatic heterocycles. The fourth-order valence-corrected chi connectivity index (χ4v) is 0.910. The number of likely N-dealkylation sites (N-methyl/N-ethyl adjacent to an activating group) is 1. The Bertz CT molecular complexity index is 429. The predicted octanol–water partition coefficient (Wildman–Crippen LogP) is 1.52. The molecule has 0 aliphatic heterocycles. The van der Waals surface area contributed by atoms with E-state index in [1.54, 1.807) is 7.05 Å². The number of carbonyl (C=O) groups is 1. The van der Waals surface area contributed by atoms with Crippen molar-refractivity contribution in [2.24, 2.45) is 5.41 Å². The lowest BCUT2D eigenvalue weighted by atomic mass is 9.99. The van der Waals surface area contributed by atoms with E-state index >= 15 is 0 Å². The maximum absolute atomic E-state index is 11.5. The van der Waals surface area contributed by atoms with Crippen molar-refractivity contribution in [1.82, 2.24) is 5.32 Å². The number of rotatable bonds is 4. The van der Waals surface area contributed by atoms with E-state index in [2.05, 4.69) is 9.50 Å². The van der Waals surface area contributed by atoms with Crippen molar-refractivity contribution in [2.45, 2.75) is 34.6 Å². The Labute approximate surface area is 121 Å². The van der Waals surface area contributed by atoms with E-state index in [-0.39, 0.29) is 11.4 Å². The molecule has 8 heteroatoms. The average Bonchev–Trinajstić information content (AvgIpc) is 2.25. The number of nitrogens with one attached hydrogen (secondary N) is 1. The normalized spacial score (nSPS) is 11.0. The van der Waals surface area contributed by atoms with E-state index in [9.17, 15) is 13.2 Å². The highest BCUT2D eigenvalue weighted by Crippen LogP contribution is 2.14. The molecule has 0 aliphatic rings. The molecule has 0 aromatic carbocycles. The second-order valence-corrected chi connectivity index (χ2v) is 6.54. The summed E-state index contributed by atoms with van der Waals surface area (Å²) in [5.74, 6) is -0.276. The minimum atomic E-state index is -4.16. The number of esters is 1. The molecule has 0 spiro atoms. The second kappa shape index (κ2) is 8.93. The molecule has 0 amide bonds. The van der Waals surface area contributed by atoms with Crippen LogP contribution >= 0.6 is 0 Å². The molecule has 0 unspecified atom stereocenters. The van der Waals surface area contributed by atoms with E-state index in [0.29, 0.717) is 12.3 Å². The molecule has 0 rings (SSSR count). The number of hydrogen-bond acceptors (Lipinski definition) is 6. The highest BCUT2D eigenvalue weighted by molar-refractivity contribution is 7.80. The van der Waals surface area contributed by atoms with Gasteiger partial charge in [0.1, 0.15) is 5.70 Å². The van der Waals surface area contributed by atoms with E-state index in [4.69, 9.17) is 9.29 Å². The van der Waals surface area contributed by atoms with Gasteiger partial charge in [-0.1, -0.05) is 20.8 Å². The Morgan fingerprint density at radius 2 is 1.65 bits per heavy atom. The first-order valence-electron chi connectivity index (χ1n) is 5.89. The zero-order valence-corrected chi connectivity index (χ0v) is 13.9. The maximum Gasteiger partial charge on any atom is 0.397 e. The van der Waals surface area contributed by atoms with Gasteiger partial charge in [-0.2, -0.15) is 8.42 Å². The van der Waals surface area contributed by atoms with Gasteiger partial charge in [0.25, 0.3) is 0 Å². The van der Waals surface area contributed by atoms with Crippen LogP contribution in [0.1, 0.15) is 34.6 Å². The highest BCUT2D eigenvalue weighted by atomic mass is 32.3. The lowest BCUT2D eigenvalue weighted by Crippen LogP contribution is -2.24. The Hall–Kier alpha value is -1.12. The second-order valence-electron chi connectivity index (χ2n) is 5.36. The number of hydrogen-bond donors (Lipinski definition) is 2. The average molecular weight is 311 g/mol. The van der Waals surface area contributed by atoms with Crippen LogP contribution in [0.4, 0.5) is 0 Å². The molecule has 20 heavy (non-hydrogen) atoms. The summed E-state index contributed by atoms with van der Waals surface area (Å²) in [6.07, 6.45) is 0. The van der Waals surface area contributed by atoms with Crippen molar-refractivity contribution in [1.29, 1.82) is 0 Å². The molecule has 120 valence electrons. The van der Waals surface area contributed by atoms with Gasteiger partial charge in [0.05, 0.1) is 13.7 Å². The fraction of sp³-hybridized carbons (Fsp3) is 0.750. The number of carbonyl (C=O) groups excluding carboxylic acids is 1. The molecule has 7 nitrogen and oxygen atoms in total. The van der Waals surface area contributed by atoms with Gasteiger partial charge in [-0.25, -0.2) is 4.79 Å². The molecule has 0 aliphatic carbocycles. The number of ether oxygens (including phenoxy) is 1. The summed E-state index contributed by atoms with van der Waals surface area (Å²) >= 11 is 0. The summed E-state index contributed by atoms with van der Waals surface area (Å²) < 4.78 is 34.9. The van der Waals surface area contributed by atoms with Crippen molar-refractivity contribution >= 4 is 16.4 Å². The van der Waals surface area contributed by atoms with Gasteiger partial charge < -0.3 is 10.1 Å². The van der Waals surface area contributed by atoms with Gasteiger partial charge in [0.2, 0.25) is 0 Å². The predicted molar refractivity (Wildman–Crippen MR) is 76.4 cm³/mol. The first kappa shape index (κ1) is 21.2. The van der Waals surface area contributed by atoms with Crippen LogP contribution in [0.15, 0.2) is 11.3 Å². The van der Waals surface area contributed by atoms with E-state index in [1.807, 2.05) is 34.6 Å². The molecular weight excluding hydrogens is 286 g/mol. The van der Waals surface area contributed by atoms with Crippen molar-refractivity contribution in [3.8, 4) is 0 Å². The summed E-state index contributed by atoms with van der Waals surface area (Å²) in [7, 11) is -1.57. The Morgan fingerprint density at radius 3 is 1.85 bits per heavy atom. The van der Waals surface area contributed by atoms with Crippen LogP contribution in [0.3, 0.4) is 0 Å². The van der Waals surface area contributed by atoms with Crippen LogP contribution in [-0.4, -0.2) is 39.7 Å². The van der Waals surface area contributed by atoms with Gasteiger partial charge in [-0.05, 0) is 24.8 Å². The summed E-state index contributed by atoms with van der Waals surface area (Å²) in [6.45, 7) is 10.3. The van der Waals surface area contributed by atoms with E-state index < -0.39 is 10.4 Å². The van der Waals surface area contributed by atoms with Crippen molar-refractivity contribution in [2.75, 3.05) is 20.8 Å². The van der Waals surface area contributed by atoms with E-state index in [0.717, 1.165) is 12.7 Å². The van der Waals surface area contributed by atoms with Crippen molar-refractivity contribution < 1.29 is 26.7 Å². The lowest BCUT2D eigenvalue weighted by Gasteiger charge is -2.18. The van der Waals surface area contributed by atoms with Gasteiger partial charge in [-0.15, -0.1) is 0 Å². The SMILES string of the molecule is CNC(C(=O)OCC(C)(C)C)=C(C)C.COS(=O)(=O)O. The summed E-state index contributed by atoms with van der Waals surface area (Å²) in [5, 5.41) is 2.84. The zero-order valence-electron chi connectivity index (χ0n) is 13.1. The molecule has 0 aromatic rings. The molecule has 0 bridgehead atoms. The Balaban J connectivity index is 0. The van der Waals surface area contributed by atoms with Crippen LogP contribution in [0, 0.1) is 5.41 Å². The van der Waals surface area contributed by atoms with Crippen LogP contribution in [0.2, 0.25) is 0 Å². The van der Waals surface area contributed by atoms with Gasteiger partial charge in [0, 0.05) is 7.05 Å². The van der Waals surface area contributed by atoms with Gasteiger partial charge >= 0.3 is 16.4 Å². The first-order valence-corrected chi connectivity index (χ1v) is 7.26. The van der Waals surface area contributed by atoms with Crippen molar-refractivity contribution in [3.05, 3.63) is 11.3 Å².